The van der Waals surface area contributed by atoms with Crippen LogP contribution in [0.1, 0.15) is 30.5 Å². The SMILES string of the molecule is COC(=O)C1=C(CN2CCN3C(=O)N(c4ccc(OC(C)C(C)=O)cc4)C[C@@H]3C2)NC(c2nccs2)=N[C@H]1c1ccc(F)cc1Cl. The predicted octanol–water partition coefficient (Wildman–Crippen LogP) is 4.44. The third kappa shape index (κ3) is 6.35. The number of esters is 1. The number of rotatable bonds is 9. The largest absolute Gasteiger partial charge is 0.483 e. The molecule has 2 saturated heterocycles. The molecule has 1 N–H and O–H groups in total. The van der Waals surface area contributed by atoms with Crippen LogP contribution in [0, 0.1) is 5.82 Å². The molecule has 0 spiro atoms. The Bertz CT molecular complexity index is 1720. The number of ketones is 1. The molecular formula is C32H32ClFN6O5S. The maximum Gasteiger partial charge on any atom is 0.338 e. The van der Waals surface area contributed by atoms with Crippen LogP contribution in [0.15, 0.2) is 70.3 Å². The van der Waals surface area contributed by atoms with Crippen molar-refractivity contribution in [2.45, 2.75) is 32.0 Å². The van der Waals surface area contributed by atoms with Crippen molar-refractivity contribution in [1.29, 1.82) is 0 Å². The Kier molecular flexibility index (Phi) is 9.07. The Morgan fingerprint density at radius 3 is 2.63 bits per heavy atom. The number of carbonyl (C=O) groups is 3. The smallest absolute Gasteiger partial charge is 0.338 e. The molecule has 3 aliphatic rings. The number of anilines is 1. The number of fused-ring (bicyclic) bond motifs is 1. The molecule has 11 nitrogen and oxygen atoms in total. The number of urea groups is 1. The lowest BCUT2D eigenvalue weighted by molar-refractivity contribution is -0.136. The fraction of sp³-hybridized carbons (Fsp3) is 0.344. The maximum absolute atomic E-state index is 14.0. The molecule has 2 fully saturated rings. The van der Waals surface area contributed by atoms with Gasteiger partial charge in [-0.2, -0.15) is 0 Å². The number of nitrogens with one attached hydrogen (secondary N) is 1. The van der Waals surface area contributed by atoms with E-state index < -0.39 is 23.9 Å². The Hall–Kier alpha value is -4.33. The van der Waals surface area contributed by atoms with Crippen LogP contribution in [0.25, 0.3) is 0 Å². The van der Waals surface area contributed by atoms with Crippen LogP contribution in [0.4, 0.5) is 14.9 Å². The van der Waals surface area contributed by atoms with E-state index in [4.69, 9.17) is 26.1 Å². The van der Waals surface area contributed by atoms with E-state index in [9.17, 15) is 18.8 Å². The summed E-state index contributed by atoms with van der Waals surface area (Å²) in [5, 5.41) is 5.91. The van der Waals surface area contributed by atoms with Crippen molar-refractivity contribution in [1.82, 2.24) is 20.1 Å². The average molecular weight is 667 g/mol. The Morgan fingerprint density at radius 1 is 1.17 bits per heavy atom. The number of amides is 2. The fourth-order valence-electron chi connectivity index (χ4n) is 5.81. The first kappa shape index (κ1) is 31.6. The number of halogens is 2. The molecule has 4 heterocycles. The number of aliphatic imine (C=N–C) groups is 1. The van der Waals surface area contributed by atoms with Gasteiger partial charge >= 0.3 is 12.0 Å². The summed E-state index contributed by atoms with van der Waals surface area (Å²) in [5.74, 6) is -0.132. The van der Waals surface area contributed by atoms with Crippen LogP contribution in [0.5, 0.6) is 5.75 Å². The van der Waals surface area contributed by atoms with Gasteiger partial charge in [-0.3, -0.25) is 19.6 Å². The molecule has 0 radical (unpaired) electrons. The monoisotopic (exact) mass is 666 g/mol. The second kappa shape index (κ2) is 13.2. The van der Waals surface area contributed by atoms with Crippen molar-refractivity contribution in [2.24, 2.45) is 4.99 Å². The topological polar surface area (TPSA) is 117 Å². The second-order valence-corrected chi connectivity index (χ2v) is 12.5. The van der Waals surface area contributed by atoms with Gasteiger partial charge in [-0.25, -0.2) is 19.0 Å². The number of ether oxygens (including phenoxy) is 2. The van der Waals surface area contributed by atoms with Gasteiger partial charge in [0.15, 0.2) is 22.7 Å². The van der Waals surface area contributed by atoms with Crippen molar-refractivity contribution in [3.8, 4) is 5.75 Å². The molecule has 14 heteroatoms. The van der Waals surface area contributed by atoms with Crippen LogP contribution < -0.4 is 15.0 Å². The van der Waals surface area contributed by atoms with Crippen LogP contribution in [0.2, 0.25) is 5.02 Å². The molecule has 0 saturated carbocycles. The molecule has 3 aromatic rings. The summed E-state index contributed by atoms with van der Waals surface area (Å²) >= 11 is 7.87. The summed E-state index contributed by atoms with van der Waals surface area (Å²) in [6.07, 6.45) is 1.11. The third-order valence-corrected chi connectivity index (χ3v) is 9.38. The summed E-state index contributed by atoms with van der Waals surface area (Å²) in [5.41, 5.74) is 2.04. The van der Waals surface area contributed by atoms with E-state index in [2.05, 4.69) is 15.2 Å². The number of benzene rings is 2. The van der Waals surface area contributed by atoms with Gasteiger partial charge < -0.3 is 19.7 Å². The van der Waals surface area contributed by atoms with Crippen molar-refractivity contribution in [2.75, 3.05) is 44.7 Å². The van der Waals surface area contributed by atoms with E-state index >= 15 is 0 Å². The van der Waals surface area contributed by atoms with Gasteiger partial charge in [-0.15, -0.1) is 11.3 Å². The summed E-state index contributed by atoms with van der Waals surface area (Å²) in [4.78, 5) is 53.3. The van der Waals surface area contributed by atoms with Crippen molar-refractivity contribution in [3.05, 3.63) is 86.7 Å². The van der Waals surface area contributed by atoms with Gasteiger partial charge in [0.05, 0.1) is 18.7 Å². The molecule has 0 aliphatic carbocycles. The van der Waals surface area contributed by atoms with E-state index in [0.717, 1.165) is 5.69 Å². The highest BCUT2D eigenvalue weighted by Gasteiger charge is 2.42. The minimum absolute atomic E-state index is 0.0698. The summed E-state index contributed by atoms with van der Waals surface area (Å²) < 4.78 is 24.8. The number of amidine groups is 1. The zero-order valence-electron chi connectivity index (χ0n) is 25.4. The Labute approximate surface area is 274 Å². The van der Waals surface area contributed by atoms with Gasteiger partial charge in [-0.1, -0.05) is 17.7 Å². The van der Waals surface area contributed by atoms with E-state index in [1.807, 2.05) is 22.4 Å². The normalized spacial score (nSPS) is 20.6. The van der Waals surface area contributed by atoms with E-state index in [1.54, 1.807) is 30.2 Å². The highest BCUT2D eigenvalue weighted by atomic mass is 35.5. The first-order chi connectivity index (χ1) is 22.1. The first-order valence-electron chi connectivity index (χ1n) is 14.7. The van der Waals surface area contributed by atoms with E-state index in [1.165, 1.54) is 43.6 Å². The van der Waals surface area contributed by atoms with Crippen LogP contribution in [0.3, 0.4) is 0 Å². The van der Waals surface area contributed by atoms with Gasteiger partial charge in [0, 0.05) is 66.3 Å². The summed E-state index contributed by atoms with van der Waals surface area (Å²) in [7, 11) is 1.30. The van der Waals surface area contributed by atoms with Crippen molar-refractivity contribution in [3.63, 3.8) is 0 Å². The van der Waals surface area contributed by atoms with Crippen LogP contribution >= 0.6 is 22.9 Å². The molecule has 46 heavy (non-hydrogen) atoms. The molecule has 240 valence electrons. The van der Waals surface area contributed by atoms with Gasteiger partial charge in [0.2, 0.25) is 0 Å². The number of hydrogen-bond donors (Lipinski definition) is 1. The third-order valence-electron chi connectivity index (χ3n) is 8.28. The number of hydrogen-bond acceptors (Lipinski definition) is 10. The zero-order valence-corrected chi connectivity index (χ0v) is 27.0. The van der Waals surface area contributed by atoms with Gasteiger partial charge in [-0.05, 0) is 50.2 Å². The predicted molar refractivity (Wildman–Crippen MR) is 172 cm³/mol. The lowest BCUT2D eigenvalue weighted by Crippen LogP contribution is -2.53. The zero-order chi connectivity index (χ0) is 32.5. The molecule has 3 atom stereocenters. The number of thiazole rings is 1. The summed E-state index contributed by atoms with van der Waals surface area (Å²) in [6.45, 7) is 5.62. The minimum atomic E-state index is -0.856. The molecule has 1 unspecified atom stereocenters. The van der Waals surface area contributed by atoms with E-state index in [-0.39, 0.29) is 28.5 Å². The lowest BCUT2D eigenvalue weighted by Gasteiger charge is -2.38. The number of piperazine rings is 1. The quantitative estimate of drug-likeness (QED) is 0.334. The molecule has 6 rings (SSSR count). The van der Waals surface area contributed by atoms with Crippen LogP contribution in [-0.2, 0) is 14.3 Å². The minimum Gasteiger partial charge on any atom is -0.483 e. The highest BCUT2D eigenvalue weighted by Crippen LogP contribution is 2.37. The molecular weight excluding hydrogens is 635 g/mol. The second-order valence-electron chi connectivity index (χ2n) is 11.2. The van der Waals surface area contributed by atoms with Crippen LogP contribution in [-0.4, -0.2) is 90.4 Å². The first-order valence-corrected chi connectivity index (χ1v) is 16.0. The van der Waals surface area contributed by atoms with Gasteiger partial charge in [0.1, 0.15) is 17.6 Å². The summed E-state index contributed by atoms with van der Waals surface area (Å²) in [6, 6.07) is 10.1. The fourth-order valence-corrected chi connectivity index (χ4v) is 6.67. The number of Topliss-reactive ketones (excluding diaryl/α,β-unsaturated/α-hetero) is 1. The standard InChI is InChI=1S/C32H32ClFN6O5S/c1-18(41)19(2)45-23-7-5-21(6-8-23)40-16-22-15-38(11-12-39(22)32(40)43)17-26-27(31(42)44-3)28(24-9-4-20(34)14-25(24)33)37-29(36-26)30-35-10-13-46-30/h4-10,13-14,19,22,28H,11-12,15-17H2,1-3H3,(H,36,37)/t19?,22-,28-/m0/s1. The molecule has 2 aromatic carbocycles. The van der Waals surface area contributed by atoms with Crippen molar-refractivity contribution >= 4 is 52.2 Å². The Morgan fingerprint density at radius 2 is 1.96 bits per heavy atom. The average Bonchev–Trinajstić information content (AvgIpc) is 3.69. The maximum atomic E-state index is 14.0. The Balaban J connectivity index is 1.24. The number of aromatic nitrogens is 1. The molecule has 1 aromatic heterocycles. The number of carbonyl (C=O) groups excluding carboxylic acids is 3. The lowest BCUT2D eigenvalue weighted by atomic mass is 9.95. The highest BCUT2D eigenvalue weighted by molar-refractivity contribution is 7.11. The van der Waals surface area contributed by atoms with E-state index in [0.29, 0.717) is 60.6 Å². The number of nitrogens with zero attached hydrogens (tertiary/aromatic N) is 5. The molecule has 2 amide bonds. The number of methoxy groups -OCH3 is 1. The molecule has 3 aliphatic heterocycles. The molecule has 0 bridgehead atoms. The van der Waals surface area contributed by atoms with Crippen molar-refractivity contribution < 1.29 is 28.2 Å². The van der Waals surface area contributed by atoms with Gasteiger partial charge in [0.25, 0.3) is 0 Å².